The molecule has 3 fully saturated rings. The van der Waals surface area contributed by atoms with Crippen LogP contribution in [-0.2, 0) is 14.2 Å². The number of rotatable bonds is 11. The number of hydrogen-bond acceptors (Lipinski definition) is 14. The lowest BCUT2D eigenvalue weighted by Gasteiger charge is -2.50. The summed E-state index contributed by atoms with van der Waals surface area (Å²) in [4.78, 5) is 12.7. The highest BCUT2D eigenvalue weighted by molar-refractivity contribution is 5.73. The number of likely N-dealkylation sites (N-methyl/N-ethyl adjacent to an activating group) is 1. The summed E-state index contributed by atoms with van der Waals surface area (Å²) >= 11 is 0. The van der Waals surface area contributed by atoms with Crippen LogP contribution in [0.3, 0.4) is 0 Å². The lowest BCUT2D eigenvalue weighted by Crippen LogP contribution is -2.69. The van der Waals surface area contributed by atoms with Crippen LogP contribution in [0.15, 0.2) is 11.8 Å². The number of urea groups is 1. The van der Waals surface area contributed by atoms with E-state index in [0.29, 0.717) is 29.7 Å². The number of ether oxygens (including phenoxy) is 3. The number of carbonyl (C=O) groups excluding carboxylic acids is 1. The fourth-order valence-corrected chi connectivity index (χ4v) is 6.77. The van der Waals surface area contributed by atoms with Crippen LogP contribution >= 0.6 is 0 Å². The molecule has 15 N–H and O–H groups in total. The van der Waals surface area contributed by atoms with Crippen LogP contribution in [0.5, 0.6) is 0 Å². The molecule has 0 radical (unpaired) electrons. The number of aliphatic hydroxyl groups excluding tert-OH is 2. The average Bonchev–Trinajstić information content (AvgIpc) is 2.92. The van der Waals surface area contributed by atoms with Crippen LogP contribution in [0, 0.1) is 11.8 Å². The predicted molar refractivity (Wildman–Crippen MR) is 155 cm³/mol. The van der Waals surface area contributed by atoms with Crippen molar-refractivity contribution in [2.75, 3.05) is 39.8 Å². The van der Waals surface area contributed by atoms with E-state index in [1.54, 1.807) is 7.05 Å². The Bertz CT molecular complexity index is 956. The van der Waals surface area contributed by atoms with Gasteiger partial charge in [0.25, 0.3) is 0 Å². The summed E-state index contributed by atoms with van der Waals surface area (Å²) in [5.74, 6) is 0.532. The molecule has 2 heterocycles. The van der Waals surface area contributed by atoms with Crippen molar-refractivity contribution in [2.24, 2.45) is 34.8 Å². The Hall–Kier alpha value is -1.67. The number of hydrogen-bond donors (Lipinski definition) is 11. The molecule has 2 aliphatic heterocycles. The fraction of sp³-hybridized carbons (Fsp3) is 0.889. The largest absolute Gasteiger partial charge is 0.492 e. The number of hydroxylamine groups is 2. The molecule has 16 heteroatoms. The predicted octanol–water partition coefficient (Wildman–Crippen LogP) is -3.81. The third-order valence-corrected chi connectivity index (χ3v) is 9.18. The van der Waals surface area contributed by atoms with E-state index >= 15 is 0 Å². The first-order valence-electron chi connectivity index (χ1n) is 15.2. The number of nitrogens with two attached hydrogens (primary N) is 4. The minimum atomic E-state index is -1.39. The molecular weight excluding hydrogens is 564 g/mol. The zero-order chi connectivity index (χ0) is 31.5. The van der Waals surface area contributed by atoms with Crippen molar-refractivity contribution in [3.8, 4) is 0 Å². The first-order valence-corrected chi connectivity index (χ1v) is 15.2. The van der Waals surface area contributed by atoms with Crippen LogP contribution < -0.4 is 38.9 Å². The van der Waals surface area contributed by atoms with Gasteiger partial charge in [-0.05, 0) is 58.2 Å². The Morgan fingerprint density at radius 2 is 1.91 bits per heavy atom. The first kappa shape index (κ1) is 34.2. The highest BCUT2D eigenvalue weighted by Crippen LogP contribution is 2.36. The van der Waals surface area contributed by atoms with E-state index in [9.17, 15) is 25.3 Å². The molecule has 0 aromatic carbocycles. The zero-order valence-electron chi connectivity index (χ0n) is 25.0. The molecule has 2 aliphatic carbocycles. The summed E-state index contributed by atoms with van der Waals surface area (Å²) in [7, 11) is 1.59. The molecule has 248 valence electrons. The quantitative estimate of drug-likeness (QED) is 0.0785. The van der Waals surface area contributed by atoms with Crippen molar-refractivity contribution in [1.29, 1.82) is 0 Å². The van der Waals surface area contributed by atoms with Crippen LogP contribution in [0.2, 0.25) is 0 Å². The molecule has 4 rings (SSSR count). The standard InChI is InChI=1S/C27H52N8O8/c1-27(39)12-41-25(21(37)24(27)32-2)43-23-18(34-26(38)35(40)6-5-28)9-17(31)19(20(23)36)22-16(30)4-3-15(42-22)11-33-10-13-7-14(29)8-13/h3,13-14,16-25,32-33,36-37,39-40H,4-12,28-31H2,1-2H3,(H,34,38). The van der Waals surface area contributed by atoms with Gasteiger partial charge in [-0.2, -0.15) is 0 Å². The van der Waals surface area contributed by atoms with Gasteiger partial charge in [-0.15, -0.1) is 0 Å². The Kier molecular flexibility index (Phi) is 11.6. The van der Waals surface area contributed by atoms with Gasteiger partial charge in [0.1, 0.15) is 29.7 Å². The van der Waals surface area contributed by atoms with Crippen LogP contribution in [0.4, 0.5) is 4.79 Å². The van der Waals surface area contributed by atoms with Crippen molar-refractivity contribution < 1.29 is 39.5 Å². The average molecular weight is 617 g/mol. The molecule has 43 heavy (non-hydrogen) atoms. The van der Waals surface area contributed by atoms with Gasteiger partial charge in [-0.3, -0.25) is 5.21 Å². The van der Waals surface area contributed by atoms with Gasteiger partial charge in [0.05, 0.1) is 37.9 Å². The summed E-state index contributed by atoms with van der Waals surface area (Å²) in [5, 5.41) is 52.9. The molecule has 11 atom stereocenters. The van der Waals surface area contributed by atoms with Crippen molar-refractivity contribution in [2.45, 2.75) is 99.1 Å². The van der Waals surface area contributed by atoms with Crippen LogP contribution in [-0.4, -0.2) is 138 Å². The Morgan fingerprint density at radius 3 is 2.56 bits per heavy atom. The van der Waals surface area contributed by atoms with E-state index < -0.39 is 72.4 Å². The molecule has 0 spiro atoms. The summed E-state index contributed by atoms with van der Waals surface area (Å²) in [6, 6.07) is -3.42. The van der Waals surface area contributed by atoms with Gasteiger partial charge in [-0.25, -0.2) is 9.86 Å². The van der Waals surface area contributed by atoms with Crippen molar-refractivity contribution in [1.82, 2.24) is 21.0 Å². The molecule has 2 amide bonds. The molecular formula is C27H52N8O8. The maximum Gasteiger partial charge on any atom is 0.341 e. The van der Waals surface area contributed by atoms with Gasteiger partial charge < -0.3 is 68.4 Å². The lowest BCUT2D eigenvalue weighted by atomic mass is 9.72. The minimum absolute atomic E-state index is 0.0297. The number of amides is 2. The molecule has 4 aliphatic rings. The molecule has 1 saturated heterocycles. The Balaban J connectivity index is 1.50. The monoisotopic (exact) mass is 616 g/mol. The third-order valence-electron chi connectivity index (χ3n) is 9.18. The number of nitrogens with one attached hydrogen (secondary N) is 3. The summed E-state index contributed by atoms with van der Waals surface area (Å²) in [6.07, 6.45) is -1.14. The summed E-state index contributed by atoms with van der Waals surface area (Å²) in [5.41, 5.74) is 23.1. The number of nitrogens with zero attached hydrogens (tertiary/aromatic N) is 1. The Morgan fingerprint density at radius 1 is 1.19 bits per heavy atom. The lowest BCUT2D eigenvalue weighted by molar-refractivity contribution is -0.297. The topological polar surface area (TPSA) is 269 Å². The maximum absolute atomic E-state index is 12.7. The highest BCUT2D eigenvalue weighted by atomic mass is 16.7. The van der Waals surface area contributed by atoms with Crippen LogP contribution in [0.1, 0.15) is 32.6 Å². The first-order chi connectivity index (χ1) is 20.4. The number of aliphatic hydroxyl groups is 3. The van der Waals surface area contributed by atoms with E-state index in [1.807, 2.05) is 6.08 Å². The summed E-state index contributed by atoms with van der Waals surface area (Å²) in [6.45, 7) is 2.59. The molecule has 0 aromatic rings. The molecule has 2 saturated carbocycles. The van der Waals surface area contributed by atoms with Gasteiger partial charge in [0, 0.05) is 30.6 Å². The Labute approximate surface area is 252 Å². The smallest absolute Gasteiger partial charge is 0.341 e. The van der Waals surface area contributed by atoms with Gasteiger partial charge >= 0.3 is 6.03 Å². The van der Waals surface area contributed by atoms with E-state index in [-0.39, 0.29) is 32.2 Å². The second-order valence-corrected chi connectivity index (χ2v) is 12.7. The van der Waals surface area contributed by atoms with E-state index in [4.69, 9.17) is 37.1 Å². The van der Waals surface area contributed by atoms with E-state index in [2.05, 4.69) is 16.0 Å². The SMILES string of the molecule is CNC1C(O)C(OC2C(NC(=O)N(O)CCN)CC(N)C(C3OC(CNCC4CC(N)C4)=CCC3N)C2O)OCC1(C)O. The third kappa shape index (κ3) is 7.95. The highest BCUT2D eigenvalue weighted by Gasteiger charge is 2.53. The molecule has 16 nitrogen and oxygen atoms in total. The van der Waals surface area contributed by atoms with E-state index in [1.165, 1.54) is 6.92 Å². The normalized spacial score (nSPS) is 43.3. The molecule has 0 aromatic heterocycles. The van der Waals surface area contributed by atoms with Gasteiger partial charge in [0.2, 0.25) is 0 Å². The van der Waals surface area contributed by atoms with Crippen LogP contribution in [0.25, 0.3) is 0 Å². The maximum atomic E-state index is 12.7. The van der Waals surface area contributed by atoms with Crippen molar-refractivity contribution >= 4 is 6.03 Å². The molecule has 11 unspecified atom stereocenters. The minimum Gasteiger partial charge on any atom is -0.492 e. The second-order valence-electron chi connectivity index (χ2n) is 12.7. The number of carbonyl (C=O) groups is 1. The van der Waals surface area contributed by atoms with Crippen molar-refractivity contribution in [3.05, 3.63) is 11.8 Å². The fourth-order valence-electron chi connectivity index (χ4n) is 6.77. The second kappa shape index (κ2) is 14.6. The van der Waals surface area contributed by atoms with E-state index in [0.717, 1.165) is 19.4 Å². The zero-order valence-corrected chi connectivity index (χ0v) is 25.0. The summed E-state index contributed by atoms with van der Waals surface area (Å²) < 4.78 is 18.2. The molecule has 0 bridgehead atoms. The van der Waals surface area contributed by atoms with Crippen molar-refractivity contribution in [3.63, 3.8) is 0 Å². The van der Waals surface area contributed by atoms with Gasteiger partial charge in [-0.1, -0.05) is 0 Å². The van der Waals surface area contributed by atoms with Gasteiger partial charge in [0.15, 0.2) is 6.29 Å².